The first kappa shape index (κ1) is 23.1. The highest BCUT2D eigenvalue weighted by Crippen LogP contribution is 2.29. The van der Waals surface area contributed by atoms with Crippen molar-refractivity contribution in [3.8, 4) is 22.8 Å². The first-order valence-corrected chi connectivity index (χ1v) is 9.81. The van der Waals surface area contributed by atoms with Gasteiger partial charge in [-0.2, -0.15) is 4.98 Å². The summed E-state index contributed by atoms with van der Waals surface area (Å²) in [6.07, 6.45) is -4.81. The van der Waals surface area contributed by atoms with Crippen molar-refractivity contribution in [2.24, 2.45) is 5.92 Å². The third-order valence-corrected chi connectivity index (χ3v) is 4.55. The molecule has 32 heavy (non-hydrogen) atoms. The molecule has 0 aliphatic rings. The monoisotopic (exact) mass is 448 g/mol. The van der Waals surface area contributed by atoms with Gasteiger partial charge in [-0.05, 0) is 42.3 Å². The molecule has 0 unspecified atom stereocenters. The van der Waals surface area contributed by atoms with Gasteiger partial charge >= 0.3 is 6.36 Å². The summed E-state index contributed by atoms with van der Waals surface area (Å²) in [5, 5.41) is 25.2. The highest BCUT2D eigenvalue weighted by molar-refractivity contribution is 5.68. The number of aliphatic hydroxyl groups excluding tert-OH is 1. The van der Waals surface area contributed by atoms with Crippen LogP contribution in [-0.4, -0.2) is 39.2 Å². The summed E-state index contributed by atoms with van der Waals surface area (Å²) in [5.74, 6) is 0.366. The molecule has 1 heterocycles. The van der Waals surface area contributed by atoms with Gasteiger partial charge < -0.3 is 25.6 Å². The number of phenols is 1. The number of aliphatic hydroxyl groups is 1. The Bertz CT molecular complexity index is 1040. The molecule has 0 aliphatic heterocycles. The number of nitrogens with one attached hydrogen (secondary N) is 2. The summed E-state index contributed by atoms with van der Waals surface area (Å²) in [7, 11) is 0. The van der Waals surface area contributed by atoms with E-state index in [1.807, 2.05) is 13.8 Å². The van der Waals surface area contributed by atoms with Gasteiger partial charge in [-0.25, -0.2) is 4.98 Å². The van der Waals surface area contributed by atoms with E-state index in [1.54, 1.807) is 24.3 Å². The fourth-order valence-corrected chi connectivity index (χ4v) is 2.86. The first-order chi connectivity index (χ1) is 15.1. The Morgan fingerprint density at radius 3 is 2.38 bits per heavy atom. The lowest BCUT2D eigenvalue weighted by atomic mass is 10.1. The smallest absolute Gasteiger partial charge is 0.508 e. The van der Waals surface area contributed by atoms with E-state index in [0.717, 1.165) is 0 Å². The topological polar surface area (TPSA) is 99.5 Å². The first-order valence-electron chi connectivity index (χ1n) is 9.81. The van der Waals surface area contributed by atoms with Crippen LogP contribution in [0.5, 0.6) is 11.5 Å². The molecule has 0 radical (unpaired) electrons. The maximum absolute atomic E-state index is 12.6. The molecule has 2 aromatic carbocycles. The van der Waals surface area contributed by atoms with Crippen LogP contribution >= 0.6 is 0 Å². The van der Waals surface area contributed by atoms with E-state index >= 15 is 0 Å². The number of halogens is 3. The minimum Gasteiger partial charge on any atom is -0.508 e. The lowest BCUT2D eigenvalue weighted by molar-refractivity contribution is -0.274. The van der Waals surface area contributed by atoms with E-state index in [9.17, 15) is 23.4 Å². The van der Waals surface area contributed by atoms with E-state index in [-0.39, 0.29) is 36.0 Å². The summed E-state index contributed by atoms with van der Waals surface area (Å²) < 4.78 is 41.9. The molecule has 0 saturated heterocycles. The Balaban J connectivity index is 1.99. The Morgan fingerprint density at radius 2 is 1.75 bits per heavy atom. The third kappa shape index (κ3) is 6.48. The molecule has 1 atom stereocenters. The normalized spacial score (nSPS) is 12.5. The number of anilines is 3. The molecule has 0 saturated carbocycles. The van der Waals surface area contributed by atoms with Gasteiger partial charge in [-0.15, -0.1) is 13.2 Å². The van der Waals surface area contributed by atoms with Gasteiger partial charge in [0.25, 0.3) is 0 Å². The van der Waals surface area contributed by atoms with Crippen LogP contribution in [0.2, 0.25) is 0 Å². The number of nitrogens with zero attached hydrogens (tertiary/aromatic N) is 2. The second-order valence-corrected chi connectivity index (χ2v) is 7.39. The summed E-state index contributed by atoms with van der Waals surface area (Å²) in [5.41, 5.74) is 1.36. The molecule has 0 amide bonds. The number of aromatic hydroxyl groups is 1. The van der Waals surface area contributed by atoms with Gasteiger partial charge in [0, 0.05) is 17.3 Å². The zero-order chi connectivity index (χ0) is 23.3. The van der Waals surface area contributed by atoms with Gasteiger partial charge in [0.05, 0.1) is 18.3 Å². The van der Waals surface area contributed by atoms with Crippen LogP contribution in [-0.2, 0) is 0 Å². The SMILES string of the molecule is CC(C)[C@@H](CO)Nc1nc(Nc2ccc(O)cc2)cc(-c2cccc(OC(F)(F)F)c2)n1. The molecule has 170 valence electrons. The molecular weight excluding hydrogens is 425 g/mol. The summed E-state index contributed by atoms with van der Waals surface area (Å²) in [6, 6.07) is 13.0. The van der Waals surface area contributed by atoms with Gasteiger partial charge in [0.15, 0.2) is 0 Å². The maximum atomic E-state index is 12.6. The third-order valence-electron chi connectivity index (χ3n) is 4.55. The van der Waals surface area contributed by atoms with Gasteiger partial charge in [-0.1, -0.05) is 26.0 Å². The average molecular weight is 448 g/mol. The quantitative estimate of drug-likeness (QED) is 0.363. The zero-order valence-corrected chi connectivity index (χ0v) is 17.4. The van der Waals surface area contributed by atoms with E-state index in [1.165, 1.54) is 30.3 Å². The number of benzene rings is 2. The predicted molar refractivity (Wildman–Crippen MR) is 115 cm³/mol. The predicted octanol–water partition coefficient (Wildman–Crippen LogP) is 4.92. The van der Waals surface area contributed by atoms with Crippen LogP contribution in [0.25, 0.3) is 11.3 Å². The lowest BCUT2D eigenvalue weighted by Gasteiger charge is -2.21. The van der Waals surface area contributed by atoms with E-state index < -0.39 is 6.36 Å². The second-order valence-electron chi connectivity index (χ2n) is 7.39. The molecule has 7 nitrogen and oxygen atoms in total. The summed E-state index contributed by atoms with van der Waals surface area (Å²) in [4.78, 5) is 8.83. The molecule has 3 aromatic rings. The van der Waals surface area contributed by atoms with Crippen LogP contribution in [0.15, 0.2) is 54.6 Å². The largest absolute Gasteiger partial charge is 0.573 e. The number of hydrogen-bond acceptors (Lipinski definition) is 7. The van der Waals surface area contributed by atoms with Gasteiger partial charge in [-0.3, -0.25) is 0 Å². The van der Waals surface area contributed by atoms with Crippen LogP contribution in [0.3, 0.4) is 0 Å². The van der Waals surface area contributed by atoms with Crippen molar-refractivity contribution in [1.82, 2.24) is 9.97 Å². The standard InChI is InChI=1S/C22H23F3N4O3/c1-13(2)19(12-30)28-21-27-18(14-4-3-5-17(10-14)32-22(23,24)25)11-20(29-21)26-15-6-8-16(31)9-7-15/h3-11,13,19,30-31H,12H2,1-2H3,(H2,26,27,28,29)/t19-/m1/s1. The van der Waals surface area contributed by atoms with E-state index in [2.05, 4.69) is 25.3 Å². The van der Waals surface area contributed by atoms with Crippen molar-refractivity contribution in [2.75, 3.05) is 17.2 Å². The van der Waals surface area contributed by atoms with Crippen LogP contribution in [0.4, 0.5) is 30.6 Å². The molecule has 3 rings (SSSR count). The summed E-state index contributed by atoms with van der Waals surface area (Å²) in [6.45, 7) is 3.69. The van der Waals surface area contributed by atoms with Crippen LogP contribution in [0.1, 0.15) is 13.8 Å². The zero-order valence-electron chi connectivity index (χ0n) is 17.4. The fourth-order valence-electron chi connectivity index (χ4n) is 2.86. The molecular formula is C22H23F3N4O3. The Hall–Kier alpha value is -3.53. The van der Waals surface area contributed by atoms with E-state index in [4.69, 9.17) is 0 Å². The Labute approximate surface area is 182 Å². The minimum absolute atomic E-state index is 0.0734. The fraction of sp³-hybridized carbons (Fsp3) is 0.273. The van der Waals surface area contributed by atoms with Crippen molar-refractivity contribution in [3.05, 3.63) is 54.6 Å². The number of phenolic OH excluding ortho intramolecular Hbond substituents is 1. The van der Waals surface area contributed by atoms with Crippen molar-refractivity contribution < 1.29 is 28.1 Å². The second kappa shape index (κ2) is 9.73. The molecule has 0 spiro atoms. The number of hydrogen-bond donors (Lipinski definition) is 4. The number of alkyl halides is 3. The lowest BCUT2D eigenvalue weighted by Crippen LogP contribution is -2.30. The van der Waals surface area contributed by atoms with E-state index in [0.29, 0.717) is 22.8 Å². The van der Waals surface area contributed by atoms with Crippen molar-refractivity contribution in [2.45, 2.75) is 26.3 Å². The van der Waals surface area contributed by atoms with Gasteiger partial charge in [0.2, 0.25) is 5.95 Å². The molecule has 0 bridgehead atoms. The number of rotatable bonds is 8. The highest BCUT2D eigenvalue weighted by atomic mass is 19.4. The van der Waals surface area contributed by atoms with Crippen molar-refractivity contribution in [1.29, 1.82) is 0 Å². The van der Waals surface area contributed by atoms with Gasteiger partial charge in [0.1, 0.15) is 17.3 Å². The van der Waals surface area contributed by atoms with Crippen molar-refractivity contribution >= 4 is 17.5 Å². The van der Waals surface area contributed by atoms with Crippen LogP contribution in [0, 0.1) is 5.92 Å². The molecule has 0 aliphatic carbocycles. The van der Waals surface area contributed by atoms with Crippen LogP contribution < -0.4 is 15.4 Å². The Kier molecular flexibility index (Phi) is 7.04. The maximum Gasteiger partial charge on any atom is 0.573 e. The highest BCUT2D eigenvalue weighted by Gasteiger charge is 2.31. The molecule has 1 aromatic heterocycles. The van der Waals surface area contributed by atoms with Crippen molar-refractivity contribution in [3.63, 3.8) is 0 Å². The summed E-state index contributed by atoms with van der Waals surface area (Å²) >= 11 is 0. The number of aromatic nitrogens is 2. The Morgan fingerprint density at radius 1 is 1.03 bits per heavy atom. The number of ether oxygens (including phenoxy) is 1. The molecule has 0 fully saturated rings. The molecule has 10 heteroatoms. The minimum atomic E-state index is -4.81. The molecule has 4 N–H and O–H groups in total. The average Bonchev–Trinajstić information content (AvgIpc) is 2.72.